The molecule has 0 aliphatic heterocycles. The third-order valence-electron chi connectivity index (χ3n) is 2.89. The molecular weight excluding hydrogens is 228 g/mol. The van der Waals surface area contributed by atoms with Gasteiger partial charge in [0.1, 0.15) is 0 Å². The highest BCUT2D eigenvalue weighted by molar-refractivity contribution is 5.73. The van der Waals surface area contributed by atoms with E-state index in [1.54, 1.807) is 0 Å². The molecule has 0 saturated carbocycles. The first-order chi connectivity index (χ1) is 8.59. The van der Waals surface area contributed by atoms with Crippen molar-refractivity contribution in [1.82, 2.24) is 15.5 Å². The van der Waals surface area contributed by atoms with E-state index in [1.165, 1.54) is 0 Å². The summed E-state index contributed by atoms with van der Waals surface area (Å²) < 4.78 is 0. The van der Waals surface area contributed by atoms with E-state index in [-0.39, 0.29) is 6.04 Å². The second kappa shape index (κ2) is 4.91. The van der Waals surface area contributed by atoms with Gasteiger partial charge in [-0.15, -0.1) is 0 Å². The van der Waals surface area contributed by atoms with Gasteiger partial charge in [0.25, 0.3) is 0 Å². The summed E-state index contributed by atoms with van der Waals surface area (Å²) in [4.78, 5) is 11.2. The lowest BCUT2D eigenvalue weighted by Gasteiger charge is -2.18. The molecule has 0 aliphatic rings. The zero-order valence-corrected chi connectivity index (χ0v) is 10.4. The third-order valence-corrected chi connectivity index (χ3v) is 2.89. The maximum atomic E-state index is 11.2. The van der Waals surface area contributed by atoms with Crippen molar-refractivity contribution in [2.45, 2.75) is 19.9 Å². The standard InChI is InChI=1S/C13H16N4O/c1-8-11(9(2)17-16-8)12(15-13(14)18)10-6-4-3-5-7-10/h3-7,12H,1-2H3,(H,16,17)(H3,14,15,18)/t12-/m0/s1. The Hall–Kier alpha value is -2.30. The lowest BCUT2D eigenvalue weighted by molar-refractivity contribution is 0.247. The van der Waals surface area contributed by atoms with Crippen molar-refractivity contribution >= 4 is 6.03 Å². The van der Waals surface area contributed by atoms with Crippen LogP contribution in [0.4, 0.5) is 4.79 Å². The number of hydrogen-bond donors (Lipinski definition) is 3. The minimum absolute atomic E-state index is 0.276. The van der Waals surface area contributed by atoms with Crippen molar-refractivity contribution in [3.05, 3.63) is 52.8 Å². The molecule has 4 N–H and O–H groups in total. The monoisotopic (exact) mass is 244 g/mol. The Bertz CT molecular complexity index is 528. The van der Waals surface area contributed by atoms with Crippen LogP contribution in [-0.4, -0.2) is 16.2 Å². The van der Waals surface area contributed by atoms with E-state index < -0.39 is 6.03 Å². The Balaban J connectivity index is 2.47. The van der Waals surface area contributed by atoms with Crippen LogP contribution in [0.3, 0.4) is 0 Å². The Kier molecular flexibility index (Phi) is 3.32. The summed E-state index contributed by atoms with van der Waals surface area (Å²) in [6.45, 7) is 3.82. The van der Waals surface area contributed by atoms with Crippen LogP contribution in [0.25, 0.3) is 0 Å². The SMILES string of the molecule is Cc1n[nH]c(C)c1[C@@H](NC(N)=O)c1ccccc1. The first-order valence-corrected chi connectivity index (χ1v) is 5.72. The number of nitrogens with zero attached hydrogens (tertiary/aromatic N) is 1. The molecular formula is C13H16N4O. The topological polar surface area (TPSA) is 83.8 Å². The predicted octanol–water partition coefficient (Wildman–Crippen LogP) is 1.78. The summed E-state index contributed by atoms with van der Waals surface area (Å²) in [5.41, 5.74) is 8.97. The number of urea groups is 1. The van der Waals surface area contributed by atoms with Crippen molar-refractivity contribution in [3.63, 3.8) is 0 Å². The molecule has 0 fully saturated rings. The molecule has 1 aromatic carbocycles. The van der Waals surface area contributed by atoms with Gasteiger partial charge in [-0.2, -0.15) is 5.10 Å². The van der Waals surface area contributed by atoms with Crippen LogP contribution in [0.2, 0.25) is 0 Å². The first-order valence-electron chi connectivity index (χ1n) is 5.72. The zero-order valence-electron chi connectivity index (χ0n) is 10.4. The molecule has 1 aromatic heterocycles. The normalized spacial score (nSPS) is 12.1. The van der Waals surface area contributed by atoms with E-state index in [4.69, 9.17) is 5.73 Å². The second-order valence-corrected chi connectivity index (χ2v) is 4.20. The molecule has 0 unspecified atom stereocenters. The highest BCUT2D eigenvalue weighted by atomic mass is 16.2. The Morgan fingerprint density at radius 1 is 1.33 bits per heavy atom. The number of H-pyrrole nitrogens is 1. The largest absolute Gasteiger partial charge is 0.352 e. The van der Waals surface area contributed by atoms with Gasteiger partial charge in [0, 0.05) is 11.3 Å². The van der Waals surface area contributed by atoms with Gasteiger partial charge in [-0.1, -0.05) is 30.3 Å². The lowest BCUT2D eigenvalue weighted by atomic mass is 9.97. The number of carbonyl (C=O) groups is 1. The highest BCUT2D eigenvalue weighted by Crippen LogP contribution is 2.26. The Morgan fingerprint density at radius 3 is 2.50 bits per heavy atom. The molecule has 2 amide bonds. The van der Waals surface area contributed by atoms with Crippen LogP contribution >= 0.6 is 0 Å². The fraction of sp³-hybridized carbons (Fsp3) is 0.231. The number of benzene rings is 1. The molecule has 0 aliphatic carbocycles. The van der Waals surface area contributed by atoms with Gasteiger partial charge in [-0.25, -0.2) is 4.79 Å². The maximum Gasteiger partial charge on any atom is 0.312 e. The number of rotatable bonds is 3. The van der Waals surface area contributed by atoms with Crippen molar-refractivity contribution in [1.29, 1.82) is 0 Å². The third kappa shape index (κ3) is 2.34. The molecule has 0 saturated heterocycles. The van der Waals surface area contributed by atoms with Crippen LogP contribution in [0.5, 0.6) is 0 Å². The Morgan fingerprint density at radius 2 is 2.00 bits per heavy atom. The average molecular weight is 244 g/mol. The van der Waals surface area contributed by atoms with Gasteiger partial charge >= 0.3 is 6.03 Å². The van der Waals surface area contributed by atoms with Crippen molar-refractivity contribution < 1.29 is 4.79 Å². The summed E-state index contributed by atoms with van der Waals surface area (Å²) in [5, 5.41) is 9.83. The summed E-state index contributed by atoms with van der Waals surface area (Å²) in [5.74, 6) is 0. The van der Waals surface area contributed by atoms with E-state index in [0.717, 1.165) is 22.5 Å². The zero-order chi connectivity index (χ0) is 13.1. The van der Waals surface area contributed by atoms with E-state index in [2.05, 4.69) is 15.5 Å². The second-order valence-electron chi connectivity index (χ2n) is 4.20. The van der Waals surface area contributed by atoms with E-state index in [9.17, 15) is 4.79 Å². The number of hydrogen-bond acceptors (Lipinski definition) is 2. The Labute approximate surface area is 105 Å². The fourth-order valence-electron chi connectivity index (χ4n) is 2.09. The number of amides is 2. The van der Waals surface area contributed by atoms with Crippen molar-refractivity contribution in [2.75, 3.05) is 0 Å². The van der Waals surface area contributed by atoms with Gasteiger partial charge in [-0.05, 0) is 19.4 Å². The average Bonchev–Trinajstić information content (AvgIpc) is 2.67. The number of aromatic amines is 1. The number of nitrogens with two attached hydrogens (primary N) is 1. The van der Waals surface area contributed by atoms with E-state index in [1.807, 2.05) is 44.2 Å². The fourth-order valence-corrected chi connectivity index (χ4v) is 2.09. The molecule has 2 aromatic rings. The smallest absolute Gasteiger partial charge is 0.312 e. The van der Waals surface area contributed by atoms with Crippen LogP contribution in [0.1, 0.15) is 28.6 Å². The van der Waals surface area contributed by atoms with Crippen LogP contribution < -0.4 is 11.1 Å². The molecule has 2 rings (SSSR count). The first kappa shape index (κ1) is 12.2. The molecule has 5 heteroatoms. The van der Waals surface area contributed by atoms with Gasteiger partial charge < -0.3 is 11.1 Å². The summed E-state index contributed by atoms with van der Waals surface area (Å²) in [6.07, 6.45) is 0. The van der Waals surface area contributed by atoms with Crippen LogP contribution in [0, 0.1) is 13.8 Å². The lowest BCUT2D eigenvalue weighted by Crippen LogP contribution is -2.34. The van der Waals surface area contributed by atoms with Gasteiger partial charge in [0.2, 0.25) is 0 Å². The molecule has 1 atom stereocenters. The van der Waals surface area contributed by atoms with E-state index >= 15 is 0 Å². The molecule has 18 heavy (non-hydrogen) atoms. The summed E-state index contributed by atoms with van der Waals surface area (Å²) in [6, 6.07) is 8.86. The quantitative estimate of drug-likeness (QED) is 0.769. The van der Waals surface area contributed by atoms with Gasteiger partial charge in [0.15, 0.2) is 0 Å². The molecule has 5 nitrogen and oxygen atoms in total. The number of aromatic nitrogens is 2. The summed E-state index contributed by atoms with van der Waals surface area (Å²) >= 11 is 0. The maximum absolute atomic E-state index is 11.2. The molecule has 0 spiro atoms. The van der Waals surface area contributed by atoms with E-state index in [0.29, 0.717) is 0 Å². The number of primary amides is 1. The number of carbonyl (C=O) groups excluding carboxylic acids is 1. The van der Waals surface area contributed by atoms with Crippen molar-refractivity contribution in [3.8, 4) is 0 Å². The molecule has 94 valence electrons. The molecule has 1 heterocycles. The molecule has 0 radical (unpaired) electrons. The summed E-state index contributed by atoms with van der Waals surface area (Å²) in [7, 11) is 0. The predicted molar refractivity (Wildman–Crippen MR) is 69.1 cm³/mol. The number of nitrogens with one attached hydrogen (secondary N) is 2. The van der Waals surface area contributed by atoms with Crippen molar-refractivity contribution in [2.24, 2.45) is 5.73 Å². The minimum Gasteiger partial charge on any atom is -0.352 e. The highest BCUT2D eigenvalue weighted by Gasteiger charge is 2.21. The van der Waals surface area contributed by atoms with Gasteiger partial charge in [-0.3, -0.25) is 5.10 Å². The van der Waals surface area contributed by atoms with Gasteiger partial charge in [0.05, 0.1) is 11.7 Å². The van der Waals surface area contributed by atoms with Crippen LogP contribution in [-0.2, 0) is 0 Å². The minimum atomic E-state index is -0.552. The van der Waals surface area contributed by atoms with Crippen LogP contribution in [0.15, 0.2) is 30.3 Å². The molecule has 0 bridgehead atoms. The number of aryl methyl sites for hydroxylation is 2.